The van der Waals surface area contributed by atoms with E-state index in [1.54, 1.807) is 17.1 Å². The van der Waals surface area contributed by atoms with Crippen LogP contribution in [-0.2, 0) is 0 Å². The lowest BCUT2D eigenvalue weighted by Gasteiger charge is -1.99. The zero-order valence-corrected chi connectivity index (χ0v) is 7.18. The molecule has 0 aromatic carbocycles. The minimum Gasteiger partial charge on any atom is -0.382 e. The van der Waals surface area contributed by atoms with Gasteiger partial charge in [-0.3, -0.25) is 9.55 Å². The first-order valence-electron chi connectivity index (χ1n) is 3.84. The van der Waals surface area contributed by atoms with Crippen LogP contribution in [0, 0.1) is 6.92 Å². The first-order chi connectivity index (χ1) is 6.25. The van der Waals surface area contributed by atoms with Gasteiger partial charge >= 0.3 is 0 Å². The van der Waals surface area contributed by atoms with Crippen LogP contribution in [0.1, 0.15) is 5.69 Å². The van der Waals surface area contributed by atoms with Crippen LogP contribution in [-0.4, -0.2) is 19.5 Å². The highest BCUT2D eigenvalue weighted by molar-refractivity contribution is 5.30. The standard InChI is InChI=1S/C8H9N5/c1-6-4-13(5-11-6)8-3-10-2-7(9)12-8/h2-5H,1H3,(H2,9,12). The van der Waals surface area contributed by atoms with Crippen molar-refractivity contribution in [3.63, 3.8) is 0 Å². The third kappa shape index (κ3) is 1.48. The molecule has 0 aliphatic heterocycles. The summed E-state index contributed by atoms with van der Waals surface area (Å²) in [5.74, 6) is 1.09. The average molecular weight is 175 g/mol. The molecule has 13 heavy (non-hydrogen) atoms. The van der Waals surface area contributed by atoms with Crippen molar-refractivity contribution >= 4 is 5.82 Å². The summed E-state index contributed by atoms with van der Waals surface area (Å²) < 4.78 is 1.78. The van der Waals surface area contributed by atoms with Gasteiger partial charge in [0.1, 0.15) is 12.1 Å². The highest BCUT2D eigenvalue weighted by atomic mass is 15.1. The maximum Gasteiger partial charge on any atom is 0.158 e. The molecule has 0 aliphatic rings. The zero-order valence-electron chi connectivity index (χ0n) is 7.18. The quantitative estimate of drug-likeness (QED) is 0.687. The molecule has 0 atom stereocenters. The molecular weight excluding hydrogens is 166 g/mol. The van der Waals surface area contributed by atoms with E-state index >= 15 is 0 Å². The average Bonchev–Trinajstić information content (AvgIpc) is 2.52. The molecule has 0 radical (unpaired) electrons. The van der Waals surface area contributed by atoms with E-state index in [-0.39, 0.29) is 0 Å². The predicted octanol–water partition coefficient (Wildman–Crippen LogP) is 0.553. The molecule has 0 spiro atoms. The maximum atomic E-state index is 5.50. The van der Waals surface area contributed by atoms with Crippen LogP contribution in [0.25, 0.3) is 5.82 Å². The van der Waals surface area contributed by atoms with E-state index < -0.39 is 0 Å². The minimum atomic E-state index is 0.406. The second-order valence-corrected chi connectivity index (χ2v) is 2.72. The summed E-state index contributed by atoms with van der Waals surface area (Å²) in [4.78, 5) is 12.1. The molecule has 5 nitrogen and oxygen atoms in total. The molecule has 0 aliphatic carbocycles. The molecule has 2 aromatic rings. The summed E-state index contributed by atoms with van der Waals surface area (Å²) >= 11 is 0. The summed E-state index contributed by atoms with van der Waals surface area (Å²) in [6, 6.07) is 0. The number of nitrogens with two attached hydrogens (primary N) is 1. The first kappa shape index (κ1) is 7.72. The first-order valence-corrected chi connectivity index (χ1v) is 3.84. The molecule has 2 N–H and O–H groups in total. The van der Waals surface area contributed by atoms with E-state index in [1.165, 1.54) is 6.20 Å². The fourth-order valence-electron chi connectivity index (χ4n) is 1.04. The van der Waals surface area contributed by atoms with Crippen LogP contribution >= 0.6 is 0 Å². The predicted molar refractivity (Wildman–Crippen MR) is 48.3 cm³/mol. The Balaban J connectivity index is 2.46. The SMILES string of the molecule is Cc1cn(-c2cncc(N)n2)cn1. The van der Waals surface area contributed by atoms with Gasteiger partial charge in [-0.25, -0.2) is 9.97 Å². The van der Waals surface area contributed by atoms with Gasteiger partial charge in [-0.05, 0) is 6.92 Å². The van der Waals surface area contributed by atoms with Crippen molar-refractivity contribution in [3.05, 3.63) is 30.6 Å². The Morgan fingerprint density at radius 1 is 1.38 bits per heavy atom. The third-order valence-electron chi connectivity index (χ3n) is 1.62. The Morgan fingerprint density at radius 3 is 2.85 bits per heavy atom. The number of nitrogens with zero attached hydrogens (tertiary/aromatic N) is 4. The van der Waals surface area contributed by atoms with Crippen LogP contribution in [0.2, 0.25) is 0 Å². The molecule has 2 aromatic heterocycles. The van der Waals surface area contributed by atoms with Crippen LogP contribution in [0.4, 0.5) is 5.82 Å². The summed E-state index contributed by atoms with van der Waals surface area (Å²) in [6.07, 6.45) is 6.69. The van der Waals surface area contributed by atoms with Gasteiger partial charge in [0.25, 0.3) is 0 Å². The number of imidazole rings is 1. The van der Waals surface area contributed by atoms with Crippen molar-refractivity contribution in [1.82, 2.24) is 19.5 Å². The van der Waals surface area contributed by atoms with E-state index in [0.29, 0.717) is 11.6 Å². The molecule has 0 saturated carbocycles. The number of anilines is 1. The van der Waals surface area contributed by atoms with Gasteiger partial charge in [0.05, 0.1) is 18.1 Å². The molecule has 0 fully saturated rings. The van der Waals surface area contributed by atoms with E-state index in [0.717, 1.165) is 5.69 Å². The Bertz CT molecular complexity index is 420. The number of aryl methyl sites for hydroxylation is 1. The lowest BCUT2D eigenvalue weighted by atomic mass is 10.5. The van der Waals surface area contributed by atoms with Crippen molar-refractivity contribution in [1.29, 1.82) is 0 Å². The summed E-state index contributed by atoms with van der Waals surface area (Å²) in [6.45, 7) is 1.91. The Labute approximate surface area is 75.3 Å². The highest BCUT2D eigenvalue weighted by Gasteiger charge is 1.99. The number of hydrogen-bond acceptors (Lipinski definition) is 4. The van der Waals surface area contributed by atoms with Gasteiger partial charge < -0.3 is 5.73 Å². The van der Waals surface area contributed by atoms with Gasteiger partial charge in [-0.2, -0.15) is 0 Å². The molecule has 0 amide bonds. The van der Waals surface area contributed by atoms with Crippen LogP contribution < -0.4 is 5.73 Å². The number of nitrogen functional groups attached to an aromatic ring is 1. The second kappa shape index (κ2) is 2.85. The summed E-state index contributed by atoms with van der Waals surface area (Å²) in [5, 5.41) is 0. The zero-order chi connectivity index (χ0) is 9.26. The third-order valence-corrected chi connectivity index (χ3v) is 1.62. The lowest BCUT2D eigenvalue weighted by Crippen LogP contribution is -1.99. The number of aromatic nitrogens is 4. The molecule has 2 heterocycles. The molecule has 2 rings (SSSR count). The molecular formula is C8H9N5. The molecule has 5 heteroatoms. The molecule has 0 unspecified atom stereocenters. The number of hydrogen-bond donors (Lipinski definition) is 1. The lowest BCUT2D eigenvalue weighted by molar-refractivity contribution is 0.975. The fourth-order valence-corrected chi connectivity index (χ4v) is 1.04. The van der Waals surface area contributed by atoms with Gasteiger partial charge in [0.2, 0.25) is 0 Å². The second-order valence-electron chi connectivity index (χ2n) is 2.72. The molecule has 0 bridgehead atoms. The number of rotatable bonds is 1. The maximum absolute atomic E-state index is 5.50. The largest absolute Gasteiger partial charge is 0.382 e. The smallest absolute Gasteiger partial charge is 0.158 e. The monoisotopic (exact) mass is 175 g/mol. The van der Waals surface area contributed by atoms with Crippen molar-refractivity contribution < 1.29 is 0 Å². The fraction of sp³-hybridized carbons (Fsp3) is 0.125. The van der Waals surface area contributed by atoms with Crippen molar-refractivity contribution in [2.45, 2.75) is 6.92 Å². The highest BCUT2D eigenvalue weighted by Crippen LogP contribution is 2.04. The Kier molecular flexibility index (Phi) is 1.70. The van der Waals surface area contributed by atoms with Crippen LogP contribution in [0.3, 0.4) is 0 Å². The summed E-state index contributed by atoms with van der Waals surface area (Å²) in [5.41, 5.74) is 6.43. The van der Waals surface area contributed by atoms with Crippen molar-refractivity contribution in [3.8, 4) is 5.82 Å². The van der Waals surface area contributed by atoms with E-state index in [4.69, 9.17) is 5.73 Å². The summed E-state index contributed by atoms with van der Waals surface area (Å²) in [7, 11) is 0. The van der Waals surface area contributed by atoms with Crippen LogP contribution in [0.5, 0.6) is 0 Å². The van der Waals surface area contributed by atoms with E-state index in [2.05, 4.69) is 15.0 Å². The van der Waals surface area contributed by atoms with Gasteiger partial charge in [0.15, 0.2) is 5.82 Å². The normalized spacial score (nSPS) is 10.2. The molecule has 0 saturated heterocycles. The van der Waals surface area contributed by atoms with Gasteiger partial charge in [-0.15, -0.1) is 0 Å². The minimum absolute atomic E-state index is 0.406. The Morgan fingerprint density at radius 2 is 2.23 bits per heavy atom. The topological polar surface area (TPSA) is 69.6 Å². The van der Waals surface area contributed by atoms with Crippen LogP contribution in [0.15, 0.2) is 24.9 Å². The Hall–Kier alpha value is -1.91. The molecule has 66 valence electrons. The van der Waals surface area contributed by atoms with E-state index in [1.807, 2.05) is 13.1 Å². The van der Waals surface area contributed by atoms with Gasteiger partial charge in [0, 0.05) is 6.20 Å². The van der Waals surface area contributed by atoms with E-state index in [9.17, 15) is 0 Å². The van der Waals surface area contributed by atoms with Crippen molar-refractivity contribution in [2.75, 3.05) is 5.73 Å². The van der Waals surface area contributed by atoms with Crippen molar-refractivity contribution in [2.24, 2.45) is 0 Å². The van der Waals surface area contributed by atoms with Gasteiger partial charge in [-0.1, -0.05) is 0 Å².